The van der Waals surface area contributed by atoms with Crippen molar-refractivity contribution in [3.63, 3.8) is 0 Å². The standard InChI is InChI=1S/C31H36O8/c1-15-6-8-18(9-7-15)25(34)39-30-16(2)19-10-11-20-28-14-37-31(36,29(20,22(19)30)26(30)35)24(33)23(28)27(4,5)13-12-21(28)38-17(3)32/h6-9,19-24,33,36H,2,10-14H2,1,3-5H3/t19-,20-,21?,22+,23+,24-,28+,29+,30?,31+/m0/s1. The molecule has 208 valence electrons. The first-order valence-corrected chi connectivity index (χ1v) is 14.1. The van der Waals surface area contributed by atoms with Crippen molar-refractivity contribution in [2.75, 3.05) is 6.61 Å². The van der Waals surface area contributed by atoms with E-state index in [1.807, 2.05) is 6.92 Å². The lowest BCUT2D eigenvalue weighted by atomic mass is 9.21. The summed E-state index contributed by atoms with van der Waals surface area (Å²) < 4.78 is 18.2. The normalized spacial score (nSPS) is 48.1. The van der Waals surface area contributed by atoms with Crippen LogP contribution in [0.2, 0.25) is 0 Å². The van der Waals surface area contributed by atoms with Crippen LogP contribution in [0.3, 0.4) is 0 Å². The lowest BCUT2D eigenvalue weighted by Crippen LogP contribution is -2.97. The average molecular weight is 537 g/mol. The van der Waals surface area contributed by atoms with Gasteiger partial charge < -0.3 is 24.4 Å². The summed E-state index contributed by atoms with van der Waals surface area (Å²) in [6, 6.07) is 6.94. The Morgan fingerprint density at radius 1 is 1.10 bits per heavy atom. The number of aliphatic hydroxyl groups excluding tert-OH is 1. The van der Waals surface area contributed by atoms with Crippen molar-refractivity contribution in [3.05, 3.63) is 47.5 Å². The second-order valence-corrected chi connectivity index (χ2v) is 13.6. The van der Waals surface area contributed by atoms with Crippen molar-refractivity contribution in [2.45, 2.75) is 77.0 Å². The number of Topliss-reactive ketones (excluding diaryl/α,β-unsaturated/α-hetero) is 1. The molecule has 8 heteroatoms. The molecule has 2 unspecified atom stereocenters. The van der Waals surface area contributed by atoms with Gasteiger partial charge in [0.05, 0.1) is 12.2 Å². The van der Waals surface area contributed by atoms with E-state index in [0.717, 1.165) is 5.56 Å². The molecule has 0 radical (unpaired) electrons. The third kappa shape index (κ3) is 2.52. The molecule has 39 heavy (non-hydrogen) atoms. The highest BCUT2D eigenvalue weighted by Crippen LogP contribution is 2.85. The Labute approximate surface area is 227 Å². The quantitative estimate of drug-likeness (QED) is 0.447. The molecule has 2 aliphatic heterocycles. The van der Waals surface area contributed by atoms with Crippen molar-refractivity contribution in [2.24, 2.45) is 39.9 Å². The molecule has 7 aliphatic rings. The van der Waals surface area contributed by atoms with Gasteiger partial charge in [-0.25, -0.2) is 4.79 Å². The minimum Gasteiger partial charge on any atom is -0.462 e. The van der Waals surface area contributed by atoms with Crippen LogP contribution in [0.1, 0.15) is 62.4 Å². The summed E-state index contributed by atoms with van der Waals surface area (Å²) in [5.41, 5.74) is -2.42. The van der Waals surface area contributed by atoms with E-state index in [1.165, 1.54) is 6.92 Å². The van der Waals surface area contributed by atoms with Gasteiger partial charge in [-0.15, -0.1) is 0 Å². The number of fused-ring (bicyclic) bond motifs is 1. The summed E-state index contributed by atoms with van der Waals surface area (Å²) in [4.78, 5) is 40.2. The van der Waals surface area contributed by atoms with E-state index in [4.69, 9.17) is 14.2 Å². The number of carbonyl (C=O) groups is 3. The van der Waals surface area contributed by atoms with E-state index in [-0.39, 0.29) is 12.5 Å². The maximum atomic E-state index is 14.6. The Morgan fingerprint density at radius 2 is 1.79 bits per heavy atom. The molecule has 2 bridgehead atoms. The van der Waals surface area contributed by atoms with E-state index in [2.05, 4.69) is 20.4 Å². The summed E-state index contributed by atoms with van der Waals surface area (Å²) in [5.74, 6) is -5.21. The van der Waals surface area contributed by atoms with Gasteiger partial charge in [-0.05, 0) is 67.6 Å². The van der Waals surface area contributed by atoms with Gasteiger partial charge in [0.1, 0.15) is 17.6 Å². The molecule has 8 nitrogen and oxygen atoms in total. The van der Waals surface area contributed by atoms with Crippen molar-refractivity contribution < 1.29 is 38.8 Å². The topological polar surface area (TPSA) is 119 Å². The van der Waals surface area contributed by atoms with Crippen LogP contribution in [-0.4, -0.2) is 58.1 Å². The van der Waals surface area contributed by atoms with Crippen LogP contribution >= 0.6 is 0 Å². The molecule has 2 saturated heterocycles. The first-order chi connectivity index (χ1) is 18.3. The number of esters is 2. The molecule has 8 rings (SSSR count). The second kappa shape index (κ2) is 7.39. The number of benzene rings is 1. The highest BCUT2D eigenvalue weighted by atomic mass is 16.6. The third-order valence-corrected chi connectivity index (χ3v) is 11.7. The van der Waals surface area contributed by atoms with E-state index in [9.17, 15) is 24.6 Å². The second-order valence-electron chi connectivity index (χ2n) is 13.6. The molecule has 0 aromatic heterocycles. The first-order valence-electron chi connectivity index (χ1n) is 14.1. The van der Waals surface area contributed by atoms with Crippen LogP contribution in [0, 0.1) is 46.8 Å². The Balaban J connectivity index is 1.36. The van der Waals surface area contributed by atoms with Crippen LogP contribution in [0.4, 0.5) is 0 Å². The predicted octanol–water partition coefficient (Wildman–Crippen LogP) is 3.12. The SMILES string of the molecule is C=C1[C@@H]2CC[C@H]3[C@@]45CO[C@](O)([C@@H](O)[C@@H]4C(C)(C)CCC5OC(C)=O)[C@]34C(=O)C1(OC(=O)c1ccc(C)cc1)[C@H]24. The van der Waals surface area contributed by atoms with Gasteiger partial charge in [0.25, 0.3) is 0 Å². The summed E-state index contributed by atoms with van der Waals surface area (Å²) >= 11 is 0. The highest BCUT2D eigenvalue weighted by molar-refractivity contribution is 6.10. The van der Waals surface area contributed by atoms with Gasteiger partial charge in [-0.3, -0.25) is 9.59 Å². The molecule has 2 N–H and O–H groups in total. The summed E-state index contributed by atoms with van der Waals surface area (Å²) in [6.45, 7) is 11.7. The zero-order valence-corrected chi connectivity index (χ0v) is 22.9. The van der Waals surface area contributed by atoms with Crippen LogP contribution in [-0.2, 0) is 23.8 Å². The van der Waals surface area contributed by atoms with Gasteiger partial charge >= 0.3 is 11.9 Å². The number of hydrogen-bond acceptors (Lipinski definition) is 8. The predicted molar refractivity (Wildman–Crippen MR) is 137 cm³/mol. The maximum Gasteiger partial charge on any atom is 0.339 e. The van der Waals surface area contributed by atoms with E-state index in [1.54, 1.807) is 24.3 Å². The molecule has 5 saturated carbocycles. The molecular formula is C31H36O8. The summed E-state index contributed by atoms with van der Waals surface area (Å²) in [5, 5.41) is 24.3. The van der Waals surface area contributed by atoms with E-state index < -0.39 is 75.3 Å². The lowest BCUT2D eigenvalue weighted by molar-refractivity contribution is -0.483. The Morgan fingerprint density at radius 3 is 2.46 bits per heavy atom. The maximum absolute atomic E-state index is 14.6. The molecule has 1 aromatic carbocycles. The fourth-order valence-electron chi connectivity index (χ4n) is 10.4. The van der Waals surface area contributed by atoms with Crippen LogP contribution in [0.15, 0.2) is 36.4 Å². The fourth-order valence-corrected chi connectivity index (χ4v) is 10.4. The van der Waals surface area contributed by atoms with Crippen LogP contribution in [0.25, 0.3) is 0 Å². The Bertz CT molecular complexity index is 1330. The monoisotopic (exact) mass is 536 g/mol. The van der Waals surface area contributed by atoms with Crippen LogP contribution in [0.5, 0.6) is 0 Å². The molecule has 2 heterocycles. The zero-order chi connectivity index (χ0) is 27.9. The van der Waals surface area contributed by atoms with Crippen LogP contribution < -0.4 is 0 Å². The van der Waals surface area contributed by atoms with E-state index in [0.29, 0.717) is 36.8 Å². The zero-order valence-electron chi connectivity index (χ0n) is 22.9. The van der Waals surface area contributed by atoms with Gasteiger partial charge in [-0.1, -0.05) is 38.1 Å². The number of carbonyl (C=O) groups excluding carboxylic acids is 3. The molecular weight excluding hydrogens is 500 g/mol. The van der Waals surface area contributed by atoms with Gasteiger partial charge in [0.2, 0.25) is 5.79 Å². The molecule has 10 atom stereocenters. The molecule has 0 amide bonds. The number of rotatable bonds is 3. The number of ether oxygens (including phenoxy) is 3. The Hall–Kier alpha value is -2.55. The van der Waals surface area contributed by atoms with E-state index >= 15 is 0 Å². The number of ketones is 1. The molecule has 7 fully saturated rings. The minimum atomic E-state index is -2.14. The minimum absolute atomic E-state index is 0.0841. The molecule has 1 aromatic rings. The largest absolute Gasteiger partial charge is 0.462 e. The summed E-state index contributed by atoms with van der Waals surface area (Å²) in [7, 11) is 0. The third-order valence-electron chi connectivity index (χ3n) is 11.7. The fraction of sp³-hybridized carbons (Fsp3) is 0.645. The first kappa shape index (κ1) is 25.4. The number of aliphatic hydroxyl groups is 2. The number of hydrogen-bond donors (Lipinski definition) is 2. The summed E-state index contributed by atoms with van der Waals surface area (Å²) in [6.07, 6.45) is 0.633. The van der Waals surface area contributed by atoms with Crippen molar-refractivity contribution in [3.8, 4) is 0 Å². The Kier molecular flexibility index (Phi) is 4.82. The van der Waals surface area contributed by atoms with Gasteiger partial charge in [0, 0.05) is 24.2 Å². The molecule has 5 aliphatic carbocycles. The number of aryl methyl sites for hydroxylation is 1. The van der Waals surface area contributed by atoms with Crippen molar-refractivity contribution in [1.82, 2.24) is 0 Å². The van der Waals surface area contributed by atoms with Crippen molar-refractivity contribution in [1.29, 1.82) is 0 Å². The van der Waals surface area contributed by atoms with Crippen molar-refractivity contribution >= 4 is 17.7 Å². The lowest BCUT2D eigenvalue weighted by Gasteiger charge is -2.84. The van der Waals surface area contributed by atoms with Gasteiger partial charge in [-0.2, -0.15) is 0 Å². The highest BCUT2D eigenvalue weighted by Gasteiger charge is 2.97. The average Bonchev–Trinajstić information content (AvgIpc) is 2.88. The molecule has 2 spiro atoms. The smallest absolute Gasteiger partial charge is 0.339 e. The van der Waals surface area contributed by atoms with Gasteiger partial charge in [0.15, 0.2) is 11.4 Å².